The Kier molecular flexibility index (Phi) is 3.83. The third-order valence-electron chi connectivity index (χ3n) is 4.39. The number of β-amino-alcohol motifs (C(OH)–C–C–N with tert-alkyl or cyclic N) is 1. The van der Waals surface area contributed by atoms with Crippen LogP contribution in [-0.2, 0) is 12.8 Å². The van der Waals surface area contributed by atoms with Crippen molar-refractivity contribution in [2.24, 2.45) is 0 Å². The van der Waals surface area contributed by atoms with E-state index in [4.69, 9.17) is 4.98 Å². The number of nitrogens with zero attached hydrogens (tertiary/aromatic N) is 4. The molecule has 1 N–H and O–H groups in total. The number of anilines is 1. The molecule has 2 atom stereocenters. The summed E-state index contributed by atoms with van der Waals surface area (Å²) in [6, 6.07) is 4.51. The molecule has 1 aromatic rings. The third-order valence-corrected chi connectivity index (χ3v) is 4.39. The number of aryl methyl sites for hydroxylation is 2. The van der Waals surface area contributed by atoms with E-state index in [1.54, 1.807) is 0 Å². The number of fused-ring (bicyclic) bond motifs is 1. The monoisotopic (exact) mass is 286 g/mol. The lowest BCUT2D eigenvalue weighted by Crippen LogP contribution is -2.38. The highest BCUT2D eigenvalue weighted by Gasteiger charge is 2.34. The molecule has 1 aliphatic heterocycles. The van der Waals surface area contributed by atoms with Crippen molar-refractivity contribution in [3.63, 3.8) is 0 Å². The molecule has 0 amide bonds. The maximum atomic E-state index is 10.0. The van der Waals surface area contributed by atoms with Crippen LogP contribution in [0.4, 0.5) is 5.82 Å². The number of pyridine rings is 1. The summed E-state index contributed by atoms with van der Waals surface area (Å²) in [4.78, 5) is 9.02. The molecule has 0 saturated carbocycles. The van der Waals surface area contributed by atoms with E-state index < -0.39 is 0 Å². The molecule has 1 aliphatic carbocycles. The van der Waals surface area contributed by atoms with Crippen molar-refractivity contribution in [1.82, 2.24) is 9.88 Å². The molecule has 1 aromatic heterocycles. The Labute approximate surface area is 125 Å². The first-order chi connectivity index (χ1) is 10.1. The van der Waals surface area contributed by atoms with E-state index in [0.717, 1.165) is 43.7 Å². The number of nitriles is 1. The average molecular weight is 286 g/mol. The minimum absolute atomic E-state index is 0.217. The zero-order chi connectivity index (χ0) is 15.0. The van der Waals surface area contributed by atoms with Crippen LogP contribution in [0, 0.1) is 11.3 Å². The molecule has 112 valence electrons. The Morgan fingerprint density at radius 2 is 2.29 bits per heavy atom. The second-order valence-electron chi connectivity index (χ2n) is 6.39. The van der Waals surface area contributed by atoms with Gasteiger partial charge in [0.05, 0.1) is 11.7 Å². The van der Waals surface area contributed by atoms with Crippen LogP contribution in [0.2, 0.25) is 0 Å². The molecule has 5 heteroatoms. The maximum Gasteiger partial charge on any atom is 0.147 e. The van der Waals surface area contributed by atoms with Crippen molar-refractivity contribution >= 4 is 5.82 Å². The summed E-state index contributed by atoms with van der Waals surface area (Å²) in [5, 5.41) is 19.5. The number of hydrogen-bond donors (Lipinski definition) is 1. The topological polar surface area (TPSA) is 63.4 Å². The molecule has 0 bridgehead atoms. The highest BCUT2D eigenvalue weighted by Crippen LogP contribution is 2.31. The van der Waals surface area contributed by atoms with E-state index in [2.05, 4.69) is 15.9 Å². The van der Waals surface area contributed by atoms with Gasteiger partial charge in [-0.05, 0) is 51.4 Å². The van der Waals surface area contributed by atoms with Crippen LogP contribution in [-0.4, -0.2) is 54.3 Å². The van der Waals surface area contributed by atoms with Crippen molar-refractivity contribution in [3.8, 4) is 6.07 Å². The number of hydrogen-bond acceptors (Lipinski definition) is 5. The summed E-state index contributed by atoms with van der Waals surface area (Å²) < 4.78 is 0. The first-order valence-corrected chi connectivity index (χ1v) is 7.61. The predicted molar refractivity (Wildman–Crippen MR) is 81.3 cm³/mol. The van der Waals surface area contributed by atoms with Gasteiger partial charge in [0, 0.05) is 24.8 Å². The van der Waals surface area contributed by atoms with Crippen molar-refractivity contribution in [1.29, 1.82) is 5.26 Å². The highest BCUT2D eigenvalue weighted by atomic mass is 16.3. The second-order valence-corrected chi connectivity index (χ2v) is 6.39. The molecule has 2 unspecified atom stereocenters. The Hall–Kier alpha value is -1.64. The lowest BCUT2D eigenvalue weighted by Gasteiger charge is -2.28. The standard InChI is InChI=1S/C16H22N4O/c1-19(2)9-13-7-14(21)10-20(13)16-12(8-17)6-11-4-3-5-15(11)18-16/h6,13-14,21H,3-5,7,9-10H2,1-2H3. The van der Waals surface area contributed by atoms with Gasteiger partial charge in [0.15, 0.2) is 0 Å². The van der Waals surface area contributed by atoms with Gasteiger partial charge >= 0.3 is 0 Å². The molecule has 0 aromatic carbocycles. The summed E-state index contributed by atoms with van der Waals surface area (Å²) in [5.74, 6) is 0.765. The van der Waals surface area contributed by atoms with Crippen molar-refractivity contribution in [2.75, 3.05) is 32.1 Å². The molecule has 3 rings (SSSR count). The largest absolute Gasteiger partial charge is 0.391 e. The molecule has 1 saturated heterocycles. The van der Waals surface area contributed by atoms with Crippen LogP contribution in [0.1, 0.15) is 29.7 Å². The summed E-state index contributed by atoms with van der Waals surface area (Å²) in [7, 11) is 4.06. The van der Waals surface area contributed by atoms with Crippen LogP contribution in [0.15, 0.2) is 6.07 Å². The fourth-order valence-electron chi connectivity index (χ4n) is 3.51. The van der Waals surface area contributed by atoms with E-state index in [1.807, 2.05) is 20.2 Å². The van der Waals surface area contributed by atoms with E-state index in [-0.39, 0.29) is 12.1 Å². The van der Waals surface area contributed by atoms with Crippen LogP contribution < -0.4 is 4.90 Å². The summed E-state index contributed by atoms with van der Waals surface area (Å²) in [6.45, 7) is 1.43. The van der Waals surface area contributed by atoms with Gasteiger partial charge in [0.2, 0.25) is 0 Å². The predicted octanol–water partition coefficient (Wildman–Crippen LogP) is 0.943. The van der Waals surface area contributed by atoms with Crippen LogP contribution >= 0.6 is 0 Å². The van der Waals surface area contributed by atoms with E-state index >= 15 is 0 Å². The fraction of sp³-hybridized carbons (Fsp3) is 0.625. The molecule has 21 heavy (non-hydrogen) atoms. The molecule has 0 radical (unpaired) electrons. The van der Waals surface area contributed by atoms with E-state index in [1.165, 1.54) is 5.56 Å². The molecular formula is C16H22N4O. The normalized spacial score (nSPS) is 24.4. The Bertz CT molecular complexity index is 578. The Morgan fingerprint density at radius 1 is 1.48 bits per heavy atom. The number of aromatic nitrogens is 1. The Morgan fingerprint density at radius 3 is 3.00 bits per heavy atom. The van der Waals surface area contributed by atoms with Crippen molar-refractivity contribution in [2.45, 2.75) is 37.8 Å². The minimum atomic E-state index is -0.337. The third kappa shape index (κ3) is 2.74. The van der Waals surface area contributed by atoms with Gasteiger partial charge < -0.3 is 14.9 Å². The van der Waals surface area contributed by atoms with Crippen molar-refractivity contribution in [3.05, 3.63) is 22.9 Å². The molecule has 5 nitrogen and oxygen atoms in total. The maximum absolute atomic E-state index is 10.0. The summed E-state index contributed by atoms with van der Waals surface area (Å²) >= 11 is 0. The van der Waals surface area contributed by atoms with E-state index in [9.17, 15) is 10.4 Å². The van der Waals surface area contributed by atoms with Crippen LogP contribution in [0.5, 0.6) is 0 Å². The second kappa shape index (κ2) is 5.63. The molecule has 0 spiro atoms. The SMILES string of the molecule is CN(C)CC1CC(O)CN1c1nc2c(cc1C#N)CCC2. The molecular weight excluding hydrogens is 264 g/mol. The first-order valence-electron chi connectivity index (χ1n) is 7.61. The zero-order valence-corrected chi connectivity index (χ0v) is 12.7. The first kappa shape index (κ1) is 14.3. The quantitative estimate of drug-likeness (QED) is 0.896. The number of rotatable bonds is 3. The van der Waals surface area contributed by atoms with Crippen LogP contribution in [0.25, 0.3) is 0 Å². The van der Waals surface area contributed by atoms with Gasteiger partial charge in [-0.25, -0.2) is 4.98 Å². The lowest BCUT2D eigenvalue weighted by molar-refractivity contribution is 0.191. The number of aliphatic hydroxyl groups excluding tert-OH is 1. The Balaban J connectivity index is 1.96. The fourth-order valence-corrected chi connectivity index (χ4v) is 3.51. The zero-order valence-electron chi connectivity index (χ0n) is 12.7. The summed E-state index contributed by atoms with van der Waals surface area (Å²) in [6.07, 6.45) is 3.56. The van der Waals surface area contributed by atoms with Crippen molar-refractivity contribution < 1.29 is 5.11 Å². The van der Waals surface area contributed by atoms with Gasteiger partial charge in [0.25, 0.3) is 0 Å². The minimum Gasteiger partial charge on any atom is -0.391 e. The van der Waals surface area contributed by atoms with Crippen LogP contribution in [0.3, 0.4) is 0 Å². The van der Waals surface area contributed by atoms with Gasteiger partial charge in [0.1, 0.15) is 11.9 Å². The number of aliphatic hydroxyl groups is 1. The average Bonchev–Trinajstić information content (AvgIpc) is 3.02. The molecule has 1 fully saturated rings. The summed E-state index contributed by atoms with van der Waals surface area (Å²) in [5.41, 5.74) is 3.00. The van der Waals surface area contributed by atoms with E-state index in [0.29, 0.717) is 12.1 Å². The molecule has 2 heterocycles. The smallest absolute Gasteiger partial charge is 0.147 e. The molecule has 2 aliphatic rings. The van der Waals surface area contributed by atoms with Gasteiger partial charge in [-0.1, -0.05) is 0 Å². The van der Waals surface area contributed by atoms with Gasteiger partial charge in [-0.15, -0.1) is 0 Å². The highest BCUT2D eigenvalue weighted by molar-refractivity contribution is 5.58. The van der Waals surface area contributed by atoms with Gasteiger partial charge in [-0.2, -0.15) is 5.26 Å². The van der Waals surface area contributed by atoms with Gasteiger partial charge in [-0.3, -0.25) is 0 Å². The number of likely N-dealkylation sites (N-methyl/N-ethyl adjacent to an activating group) is 1. The lowest BCUT2D eigenvalue weighted by atomic mass is 10.1.